The van der Waals surface area contributed by atoms with E-state index in [0.29, 0.717) is 10.9 Å². The SMILES string of the molecule is O=[N+]([O-])CCc1ccc(F)c(Br)c1. The van der Waals surface area contributed by atoms with Crippen molar-refractivity contribution in [1.82, 2.24) is 0 Å². The second-order valence-electron chi connectivity index (χ2n) is 2.55. The van der Waals surface area contributed by atoms with E-state index in [1.807, 2.05) is 0 Å². The van der Waals surface area contributed by atoms with Crippen molar-refractivity contribution >= 4 is 15.9 Å². The van der Waals surface area contributed by atoms with E-state index in [4.69, 9.17) is 0 Å². The van der Waals surface area contributed by atoms with Crippen molar-refractivity contribution < 1.29 is 9.31 Å². The minimum Gasteiger partial charge on any atom is -0.265 e. The van der Waals surface area contributed by atoms with Crippen molar-refractivity contribution in [2.45, 2.75) is 6.42 Å². The molecule has 13 heavy (non-hydrogen) atoms. The first-order valence-corrected chi connectivity index (χ1v) is 4.44. The molecule has 0 atom stereocenters. The van der Waals surface area contributed by atoms with Crippen LogP contribution in [0, 0.1) is 15.9 Å². The Hall–Kier alpha value is -0.970. The highest BCUT2D eigenvalue weighted by molar-refractivity contribution is 9.10. The molecule has 0 aliphatic heterocycles. The molecule has 0 bridgehead atoms. The highest BCUT2D eigenvalue weighted by Gasteiger charge is 2.03. The molecule has 0 heterocycles. The largest absolute Gasteiger partial charge is 0.265 e. The maximum atomic E-state index is 12.7. The Kier molecular flexibility index (Phi) is 3.36. The van der Waals surface area contributed by atoms with Gasteiger partial charge >= 0.3 is 0 Å². The normalized spacial score (nSPS) is 10.0. The number of nitrogens with zero attached hydrogens (tertiary/aromatic N) is 1. The van der Waals surface area contributed by atoms with Crippen LogP contribution in [0.3, 0.4) is 0 Å². The average Bonchev–Trinajstić information content (AvgIpc) is 2.07. The van der Waals surface area contributed by atoms with E-state index >= 15 is 0 Å². The molecule has 0 saturated carbocycles. The van der Waals surface area contributed by atoms with Gasteiger partial charge in [-0.25, -0.2) is 4.39 Å². The fourth-order valence-electron chi connectivity index (χ4n) is 0.916. The van der Waals surface area contributed by atoms with Gasteiger partial charge in [0.15, 0.2) is 0 Å². The van der Waals surface area contributed by atoms with Crippen LogP contribution in [0.2, 0.25) is 0 Å². The van der Waals surface area contributed by atoms with Crippen molar-refractivity contribution in [3.05, 3.63) is 44.2 Å². The molecule has 0 aliphatic carbocycles. The maximum absolute atomic E-state index is 12.7. The third-order valence-electron chi connectivity index (χ3n) is 1.57. The number of nitro groups is 1. The summed E-state index contributed by atoms with van der Waals surface area (Å²) in [6.45, 7) is -0.127. The van der Waals surface area contributed by atoms with Crippen molar-refractivity contribution in [1.29, 1.82) is 0 Å². The minimum absolute atomic E-state index is 0.127. The standard InChI is InChI=1S/C8H7BrFNO2/c9-7-5-6(1-2-8(7)10)3-4-11(12)13/h1-2,5H,3-4H2. The van der Waals surface area contributed by atoms with Gasteiger partial charge in [-0.05, 0) is 33.6 Å². The summed E-state index contributed by atoms with van der Waals surface area (Å²) in [6.07, 6.45) is 0.325. The summed E-state index contributed by atoms with van der Waals surface area (Å²) in [5.74, 6) is -0.357. The molecule has 0 spiro atoms. The summed E-state index contributed by atoms with van der Waals surface area (Å²) in [5.41, 5.74) is 0.755. The Balaban J connectivity index is 2.68. The highest BCUT2D eigenvalue weighted by Crippen LogP contribution is 2.16. The van der Waals surface area contributed by atoms with Gasteiger partial charge in [-0.1, -0.05) is 6.07 Å². The van der Waals surface area contributed by atoms with E-state index in [1.54, 1.807) is 12.1 Å². The topological polar surface area (TPSA) is 43.1 Å². The molecule has 5 heteroatoms. The van der Waals surface area contributed by atoms with Crippen LogP contribution < -0.4 is 0 Å². The maximum Gasteiger partial charge on any atom is 0.207 e. The molecule has 0 aromatic heterocycles. The van der Waals surface area contributed by atoms with Crippen LogP contribution in [0.1, 0.15) is 5.56 Å². The van der Waals surface area contributed by atoms with Crippen LogP contribution in [0.15, 0.2) is 22.7 Å². The quantitative estimate of drug-likeness (QED) is 0.608. The number of hydrogen-bond donors (Lipinski definition) is 0. The van der Waals surface area contributed by atoms with Crippen LogP contribution >= 0.6 is 15.9 Å². The lowest BCUT2D eigenvalue weighted by atomic mass is 10.1. The summed E-state index contributed by atoms with van der Waals surface area (Å²) in [4.78, 5) is 9.65. The second-order valence-corrected chi connectivity index (χ2v) is 3.41. The van der Waals surface area contributed by atoms with E-state index in [2.05, 4.69) is 15.9 Å². The zero-order valence-electron chi connectivity index (χ0n) is 6.67. The third kappa shape index (κ3) is 3.10. The second kappa shape index (κ2) is 4.32. The fraction of sp³-hybridized carbons (Fsp3) is 0.250. The predicted octanol–water partition coefficient (Wildman–Crippen LogP) is 2.41. The fourth-order valence-corrected chi connectivity index (χ4v) is 1.34. The van der Waals surface area contributed by atoms with E-state index < -0.39 is 4.92 Å². The van der Waals surface area contributed by atoms with Gasteiger partial charge in [0.05, 0.1) is 4.47 Å². The van der Waals surface area contributed by atoms with Crippen LogP contribution in [0.25, 0.3) is 0 Å². The first kappa shape index (κ1) is 10.1. The van der Waals surface area contributed by atoms with Crippen molar-refractivity contribution in [2.24, 2.45) is 0 Å². The van der Waals surface area contributed by atoms with Crippen LogP contribution in [0.5, 0.6) is 0 Å². The summed E-state index contributed by atoms with van der Waals surface area (Å²) in [7, 11) is 0. The Labute approximate surface area is 82.8 Å². The van der Waals surface area contributed by atoms with Gasteiger partial charge in [0.1, 0.15) is 5.82 Å². The summed E-state index contributed by atoms with van der Waals surface area (Å²) in [6, 6.07) is 4.39. The number of rotatable bonds is 3. The van der Waals surface area contributed by atoms with Crippen molar-refractivity contribution in [3.8, 4) is 0 Å². The molecule has 0 amide bonds. The molecular formula is C8H7BrFNO2. The number of hydrogen-bond acceptors (Lipinski definition) is 2. The Bertz CT molecular complexity index is 330. The molecule has 0 N–H and O–H groups in total. The molecule has 0 unspecified atom stereocenters. The lowest BCUT2D eigenvalue weighted by Gasteiger charge is -1.98. The zero-order chi connectivity index (χ0) is 9.84. The van der Waals surface area contributed by atoms with Crippen molar-refractivity contribution in [3.63, 3.8) is 0 Å². The van der Waals surface area contributed by atoms with E-state index in [1.165, 1.54) is 6.07 Å². The van der Waals surface area contributed by atoms with Crippen LogP contribution in [-0.2, 0) is 6.42 Å². The van der Waals surface area contributed by atoms with Gasteiger partial charge in [0.25, 0.3) is 0 Å². The van der Waals surface area contributed by atoms with Crippen LogP contribution in [0.4, 0.5) is 4.39 Å². The molecule has 1 aromatic rings. The number of halogens is 2. The molecule has 70 valence electrons. The molecule has 0 fully saturated rings. The molecule has 0 aliphatic rings. The molecule has 1 aromatic carbocycles. The minimum atomic E-state index is -0.392. The molecule has 1 rings (SSSR count). The van der Waals surface area contributed by atoms with Crippen LogP contribution in [-0.4, -0.2) is 11.5 Å². The van der Waals surface area contributed by atoms with Crippen molar-refractivity contribution in [2.75, 3.05) is 6.54 Å². The Morgan fingerprint density at radius 1 is 1.54 bits per heavy atom. The Morgan fingerprint density at radius 3 is 2.77 bits per heavy atom. The average molecular weight is 248 g/mol. The smallest absolute Gasteiger partial charge is 0.207 e. The van der Waals surface area contributed by atoms with E-state index in [-0.39, 0.29) is 12.4 Å². The van der Waals surface area contributed by atoms with Gasteiger partial charge in [-0.15, -0.1) is 0 Å². The van der Waals surface area contributed by atoms with E-state index in [0.717, 1.165) is 5.56 Å². The number of benzene rings is 1. The third-order valence-corrected chi connectivity index (χ3v) is 2.17. The van der Waals surface area contributed by atoms with Gasteiger partial charge in [-0.2, -0.15) is 0 Å². The van der Waals surface area contributed by atoms with E-state index in [9.17, 15) is 14.5 Å². The van der Waals surface area contributed by atoms with Gasteiger partial charge < -0.3 is 0 Å². The summed E-state index contributed by atoms with van der Waals surface area (Å²) < 4.78 is 13.1. The predicted molar refractivity (Wildman–Crippen MR) is 49.7 cm³/mol. The first-order chi connectivity index (χ1) is 6.09. The molecular weight excluding hydrogens is 241 g/mol. The van der Waals surface area contributed by atoms with Gasteiger partial charge in [0, 0.05) is 11.3 Å². The zero-order valence-corrected chi connectivity index (χ0v) is 8.25. The highest BCUT2D eigenvalue weighted by atomic mass is 79.9. The molecule has 0 saturated heterocycles. The lowest BCUT2D eigenvalue weighted by molar-refractivity contribution is -0.479. The molecule has 0 radical (unpaired) electrons. The summed E-state index contributed by atoms with van der Waals surface area (Å²) >= 11 is 3.01. The van der Waals surface area contributed by atoms with Gasteiger partial charge in [0.2, 0.25) is 6.54 Å². The monoisotopic (exact) mass is 247 g/mol. The lowest BCUT2D eigenvalue weighted by Crippen LogP contribution is -2.03. The summed E-state index contributed by atoms with van der Waals surface area (Å²) in [5, 5.41) is 10.0. The van der Waals surface area contributed by atoms with Gasteiger partial charge in [-0.3, -0.25) is 10.1 Å². The Morgan fingerprint density at radius 2 is 2.23 bits per heavy atom. The molecule has 3 nitrogen and oxygen atoms in total. The first-order valence-electron chi connectivity index (χ1n) is 3.65.